The van der Waals surface area contributed by atoms with Crippen LogP contribution in [0.4, 0.5) is 0 Å². The van der Waals surface area contributed by atoms with Gasteiger partial charge in [0.2, 0.25) is 5.91 Å². The van der Waals surface area contributed by atoms with E-state index in [1.165, 1.54) is 24.1 Å². The van der Waals surface area contributed by atoms with Gasteiger partial charge in [-0.2, -0.15) is 0 Å². The molecule has 2 saturated heterocycles. The number of amides is 1. The van der Waals surface area contributed by atoms with Gasteiger partial charge < -0.3 is 5.32 Å². The Labute approximate surface area is 178 Å². The predicted octanol–water partition coefficient (Wildman–Crippen LogP) is 3.18. The second kappa shape index (κ2) is 10.3. The molecule has 0 bridgehead atoms. The molecule has 156 valence electrons. The van der Waals surface area contributed by atoms with Gasteiger partial charge in [0.1, 0.15) is 0 Å². The van der Waals surface area contributed by atoms with Crippen LogP contribution in [0, 0.1) is 5.92 Å². The molecular formula is C23H32N4OS. The standard InChI is InChI=1S/C23H32N4OS/c28-23(24-11-8-19-5-2-1-3-6-19)20-7-4-12-27(15-20)22-9-13-26(14-10-22)16-21-17-29-18-25-21/h1-3,5-6,17-18,20,22H,4,7-16H2,(H,24,28)/t20-/m1/s1. The highest BCUT2D eigenvalue weighted by atomic mass is 32.1. The van der Waals surface area contributed by atoms with Crippen molar-refractivity contribution < 1.29 is 4.79 Å². The Morgan fingerprint density at radius 3 is 2.72 bits per heavy atom. The molecule has 0 saturated carbocycles. The van der Waals surface area contributed by atoms with Crippen molar-refractivity contribution in [3.8, 4) is 0 Å². The Morgan fingerprint density at radius 1 is 1.14 bits per heavy atom. The first kappa shape index (κ1) is 20.5. The summed E-state index contributed by atoms with van der Waals surface area (Å²) in [5, 5.41) is 5.33. The molecule has 2 fully saturated rings. The molecule has 0 radical (unpaired) electrons. The van der Waals surface area contributed by atoms with Crippen molar-refractivity contribution in [2.75, 3.05) is 32.7 Å². The van der Waals surface area contributed by atoms with E-state index in [9.17, 15) is 4.79 Å². The number of rotatable bonds is 7. The van der Waals surface area contributed by atoms with Crippen LogP contribution in [0.5, 0.6) is 0 Å². The van der Waals surface area contributed by atoms with Gasteiger partial charge in [-0.05, 0) is 44.2 Å². The summed E-state index contributed by atoms with van der Waals surface area (Å²) >= 11 is 1.67. The zero-order valence-electron chi connectivity index (χ0n) is 17.1. The molecule has 6 heteroatoms. The van der Waals surface area contributed by atoms with Crippen molar-refractivity contribution in [3.63, 3.8) is 0 Å². The fraction of sp³-hybridized carbons (Fsp3) is 0.565. The van der Waals surface area contributed by atoms with Crippen molar-refractivity contribution in [2.45, 2.75) is 44.7 Å². The number of carbonyl (C=O) groups excluding carboxylic acids is 1. The lowest BCUT2D eigenvalue weighted by Crippen LogP contribution is -2.50. The average molecular weight is 413 g/mol. The first-order valence-corrected chi connectivity index (χ1v) is 11.9. The van der Waals surface area contributed by atoms with Crippen LogP contribution in [0.15, 0.2) is 41.2 Å². The van der Waals surface area contributed by atoms with Crippen LogP contribution < -0.4 is 5.32 Å². The monoisotopic (exact) mass is 412 g/mol. The predicted molar refractivity (Wildman–Crippen MR) is 118 cm³/mol. The second-order valence-corrected chi connectivity index (χ2v) is 9.07. The normalized spacial score (nSPS) is 21.9. The fourth-order valence-corrected chi connectivity index (χ4v) is 5.21. The molecule has 1 N–H and O–H groups in total. The molecule has 1 atom stereocenters. The zero-order chi connectivity index (χ0) is 19.9. The van der Waals surface area contributed by atoms with Crippen molar-refractivity contribution in [3.05, 3.63) is 52.5 Å². The Kier molecular flexibility index (Phi) is 7.30. The summed E-state index contributed by atoms with van der Waals surface area (Å²) < 4.78 is 0. The topological polar surface area (TPSA) is 48.5 Å². The van der Waals surface area contributed by atoms with Crippen LogP contribution in [0.2, 0.25) is 0 Å². The quantitative estimate of drug-likeness (QED) is 0.759. The minimum atomic E-state index is 0.146. The summed E-state index contributed by atoms with van der Waals surface area (Å²) in [5.74, 6) is 0.388. The van der Waals surface area contributed by atoms with E-state index in [4.69, 9.17) is 0 Å². The lowest BCUT2D eigenvalue weighted by molar-refractivity contribution is -0.127. The molecule has 2 aliphatic heterocycles. The SMILES string of the molecule is O=C(NCCc1ccccc1)[C@@H]1CCCN(C2CCN(Cc3cscn3)CC2)C1. The number of hydrogen-bond donors (Lipinski definition) is 1. The number of likely N-dealkylation sites (tertiary alicyclic amines) is 2. The number of piperidine rings is 2. The number of carbonyl (C=O) groups is 1. The maximum Gasteiger partial charge on any atom is 0.224 e. The molecule has 5 nitrogen and oxygen atoms in total. The molecule has 2 aromatic rings. The molecule has 4 rings (SSSR count). The number of nitrogens with zero attached hydrogens (tertiary/aromatic N) is 3. The highest BCUT2D eigenvalue weighted by Gasteiger charge is 2.31. The second-order valence-electron chi connectivity index (χ2n) is 8.35. The Hall–Kier alpha value is -1.76. The van der Waals surface area contributed by atoms with E-state index < -0.39 is 0 Å². The molecule has 1 amide bonds. The largest absolute Gasteiger partial charge is 0.355 e. The van der Waals surface area contributed by atoms with Gasteiger partial charge in [0.05, 0.1) is 17.1 Å². The minimum Gasteiger partial charge on any atom is -0.355 e. The van der Waals surface area contributed by atoms with E-state index in [1.54, 1.807) is 11.3 Å². The highest BCUT2D eigenvalue weighted by molar-refractivity contribution is 7.07. The maximum absolute atomic E-state index is 12.7. The van der Waals surface area contributed by atoms with E-state index in [0.29, 0.717) is 6.04 Å². The van der Waals surface area contributed by atoms with E-state index in [0.717, 1.165) is 58.5 Å². The number of benzene rings is 1. The summed E-state index contributed by atoms with van der Waals surface area (Å²) in [7, 11) is 0. The maximum atomic E-state index is 12.7. The van der Waals surface area contributed by atoms with Crippen LogP contribution in [0.1, 0.15) is 36.9 Å². The lowest BCUT2D eigenvalue weighted by atomic mass is 9.93. The first-order chi connectivity index (χ1) is 14.3. The van der Waals surface area contributed by atoms with Gasteiger partial charge in [-0.25, -0.2) is 4.98 Å². The fourth-order valence-electron chi connectivity index (χ4n) is 4.66. The minimum absolute atomic E-state index is 0.146. The molecule has 1 aromatic heterocycles. The smallest absolute Gasteiger partial charge is 0.224 e. The van der Waals surface area contributed by atoms with Gasteiger partial charge in [0, 0.05) is 44.1 Å². The van der Waals surface area contributed by atoms with E-state index in [1.807, 2.05) is 11.6 Å². The van der Waals surface area contributed by atoms with Crippen molar-refractivity contribution in [1.29, 1.82) is 0 Å². The summed E-state index contributed by atoms with van der Waals surface area (Å²) in [5.41, 5.74) is 4.39. The third-order valence-corrected chi connectivity index (χ3v) is 6.96. The van der Waals surface area contributed by atoms with Gasteiger partial charge >= 0.3 is 0 Å². The number of thiazole rings is 1. The Morgan fingerprint density at radius 2 is 1.97 bits per heavy atom. The van der Waals surface area contributed by atoms with Crippen molar-refractivity contribution >= 4 is 17.2 Å². The van der Waals surface area contributed by atoms with Crippen LogP contribution in [-0.2, 0) is 17.8 Å². The van der Waals surface area contributed by atoms with Gasteiger partial charge in [0.15, 0.2) is 0 Å². The van der Waals surface area contributed by atoms with Crippen LogP contribution in [0.25, 0.3) is 0 Å². The summed E-state index contributed by atoms with van der Waals surface area (Å²) in [6.07, 6.45) is 5.46. The number of hydrogen-bond acceptors (Lipinski definition) is 5. The molecule has 0 aliphatic carbocycles. The van der Waals surface area contributed by atoms with Crippen LogP contribution in [0.3, 0.4) is 0 Å². The molecule has 0 spiro atoms. The average Bonchev–Trinajstić information content (AvgIpc) is 3.28. The van der Waals surface area contributed by atoms with E-state index in [-0.39, 0.29) is 11.8 Å². The van der Waals surface area contributed by atoms with Crippen LogP contribution >= 0.6 is 11.3 Å². The third kappa shape index (κ3) is 5.87. The molecular weight excluding hydrogens is 380 g/mol. The lowest BCUT2D eigenvalue weighted by Gasteiger charge is -2.42. The Bertz CT molecular complexity index is 744. The van der Waals surface area contributed by atoms with E-state index in [2.05, 4.69) is 49.7 Å². The van der Waals surface area contributed by atoms with E-state index >= 15 is 0 Å². The van der Waals surface area contributed by atoms with Gasteiger partial charge in [-0.3, -0.25) is 14.6 Å². The summed E-state index contributed by atoms with van der Waals surface area (Å²) in [4.78, 5) is 22.2. The molecule has 3 heterocycles. The number of nitrogens with one attached hydrogen (secondary N) is 1. The van der Waals surface area contributed by atoms with Crippen molar-refractivity contribution in [1.82, 2.24) is 20.1 Å². The highest BCUT2D eigenvalue weighted by Crippen LogP contribution is 2.24. The van der Waals surface area contributed by atoms with Crippen LogP contribution in [-0.4, -0.2) is 59.5 Å². The van der Waals surface area contributed by atoms with Crippen molar-refractivity contribution in [2.24, 2.45) is 5.92 Å². The zero-order valence-corrected chi connectivity index (χ0v) is 17.9. The third-order valence-electron chi connectivity index (χ3n) is 6.32. The molecule has 0 unspecified atom stereocenters. The van der Waals surface area contributed by atoms with Gasteiger partial charge in [-0.1, -0.05) is 30.3 Å². The molecule has 1 aromatic carbocycles. The summed E-state index contributed by atoms with van der Waals surface area (Å²) in [6.45, 7) is 6.04. The first-order valence-electron chi connectivity index (χ1n) is 10.9. The Balaban J connectivity index is 1.19. The molecule has 2 aliphatic rings. The summed E-state index contributed by atoms with van der Waals surface area (Å²) in [6, 6.07) is 11.0. The molecule has 29 heavy (non-hydrogen) atoms. The van der Waals surface area contributed by atoms with Gasteiger partial charge in [0.25, 0.3) is 0 Å². The number of aromatic nitrogens is 1. The van der Waals surface area contributed by atoms with Gasteiger partial charge in [-0.15, -0.1) is 11.3 Å².